The van der Waals surface area contributed by atoms with Crippen molar-refractivity contribution in [3.8, 4) is 0 Å². The highest BCUT2D eigenvalue weighted by atomic mass is 35.5. The number of carbonyl (C=O) groups is 2. The molecule has 96 valence electrons. The molecule has 0 saturated carbocycles. The lowest BCUT2D eigenvalue weighted by molar-refractivity contribution is -0.119. The number of hydrogen-bond donors (Lipinski definition) is 1. The number of rotatable bonds is 2. The third-order valence-electron chi connectivity index (χ3n) is 3.21. The zero-order valence-corrected chi connectivity index (χ0v) is 11.8. The molecule has 18 heavy (non-hydrogen) atoms. The second kappa shape index (κ2) is 4.25. The quantitative estimate of drug-likeness (QED) is 0.669. The molecule has 1 aromatic rings. The monoisotopic (exact) mass is 285 g/mol. The summed E-state index contributed by atoms with van der Waals surface area (Å²) in [5.74, 6) is -0.385. The summed E-state index contributed by atoms with van der Waals surface area (Å²) in [7, 11) is 0. The van der Waals surface area contributed by atoms with E-state index >= 15 is 0 Å². The van der Waals surface area contributed by atoms with Gasteiger partial charge in [0.2, 0.25) is 5.91 Å². The van der Waals surface area contributed by atoms with Gasteiger partial charge in [-0.1, -0.05) is 11.6 Å². The van der Waals surface area contributed by atoms with Crippen molar-refractivity contribution in [2.24, 2.45) is 0 Å². The fourth-order valence-corrected chi connectivity index (χ4v) is 2.37. The van der Waals surface area contributed by atoms with Gasteiger partial charge < -0.3 is 5.32 Å². The van der Waals surface area contributed by atoms with Crippen LogP contribution in [0.5, 0.6) is 0 Å². The van der Waals surface area contributed by atoms with Gasteiger partial charge in [0.15, 0.2) is 5.78 Å². The topological polar surface area (TPSA) is 46.2 Å². The molecule has 1 aliphatic heterocycles. The van der Waals surface area contributed by atoms with Crippen LogP contribution < -0.4 is 5.32 Å². The number of benzene rings is 1. The predicted molar refractivity (Wildman–Crippen MR) is 72.8 cm³/mol. The van der Waals surface area contributed by atoms with E-state index in [1.54, 1.807) is 32.9 Å². The van der Waals surface area contributed by atoms with Gasteiger partial charge in [-0.3, -0.25) is 9.59 Å². The van der Waals surface area contributed by atoms with E-state index in [2.05, 4.69) is 5.32 Å². The van der Waals surface area contributed by atoms with Crippen LogP contribution in [0.15, 0.2) is 12.1 Å². The van der Waals surface area contributed by atoms with Crippen LogP contribution in [0.2, 0.25) is 5.02 Å². The number of hydrogen-bond acceptors (Lipinski definition) is 2. The molecule has 0 bridgehead atoms. The molecule has 5 heteroatoms. The number of Topliss-reactive ketones (excluding diaryl/α,β-unsaturated/α-hetero) is 1. The van der Waals surface area contributed by atoms with Crippen molar-refractivity contribution in [3.63, 3.8) is 0 Å². The number of fused-ring (bicyclic) bond motifs is 1. The SMILES string of the molecule is CC(Cl)C(=O)c1cc(Cl)cc2c1NC(=O)C2(C)C. The van der Waals surface area contributed by atoms with E-state index < -0.39 is 10.8 Å². The second-order valence-electron chi connectivity index (χ2n) is 4.94. The maximum absolute atomic E-state index is 12.0. The van der Waals surface area contributed by atoms with Gasteiger partial charge in [0.05, 0.1) is 16.5 Å². The molecule has 1 aromatic carbocycles. The molecule has 0 saturated heterocycles. The third kappa shape index (κ3) is 1.91. The Kier molecular flexibility index (Phi) is 3.16. The second-order valence-corrected chi connectivity index (χ2v) is 6.03. The molecule has 1 aliphatic rings. The van der Waals surface area contributed by atoms with E-state index in [0.29, 0.717) is 16.3 Å². The van der Waals surface area contributed by atoms with Crippen molar-refractivity contribution in [2.45, 2.75) is 31.6 Å². The summed E-state index contributed by atoms with van der Waals surface area (Å²) in [6.45, 7) is 5.19. The molecule has 0 fully saturated rings. The minimum atomic E-state index is -0.690. The lowest BCUT2D eigenvalue weighted by Gasteiger charge is -2.16. The molecule has 0 aromatic heterocycles. The average molecular weight is 286 g/mol. The summed E-state index contributed by atoms with van der Waals surface area (Å²) in [5, 5.41) is 2.51. The van der Waals surface area contributed by atoms with Crippen LogP contribution in [0.25, 0.3) is 0 Å². The zero-order valence-electron chi connectivity index (χ0n) is 10.3. The molecule has 0 radical (unpaired) electrons. The van der Waals surface area contributed by atoms with Gasteiger partial charge in [0.25, 0.3) is 0 Å². The van der Waals surface area contributed by atoms with E-state index in [0.717, 1.165) is 5.56 Å². The predicted octanol–water partition coefficient (Wildman–Crippen LogP) is 3.38. The Bertz CT molecular complexity index is 550. The van der Waals surface area contributed by atoms with Crippen molar-refractivity contribution < 1.29 is 9.59 Å². The molecule has 1 amide bonds. The number of carbonyl (C=O) groups excluding carboxylic acids is 2. The summed E-state index contributed by atoms with van der Waals surface area (Å²) in [4.78, 5) is 23.9. The molecule has 2 rings (SSSR count). The highest BCUT2D eigenvalue weighted by Gasteiger charge is 2.40. The Balaban J connectivity index is 2.67. The van der Waals surface area contributed by atoms with Crippen molar-refractivity contribution >= 4 is 40.6 Å². The van der Waals surface area contributed by atoms with E-state index in [1.807, 2.05) is 0 Å². The Morgan fingerprint density at radius 3 is 2.56 bits per heavy atom. The Morgan fingerprint density at radius 2 is 2.00 bits per heavy atom. The van der Waals surface area contributed by atoms with Gasteiger partial charge in [-0.2, -0.15) is 0 Å². The minimum absolute atomic E-state index is 0.143. The van der Waals surface area contributed by atoms with E-state index in [4.69, 9.17) is 23.2 Å². The van der Waals surface area contributed by atoms with Gasteiger partial charge in [-0.25, -0.2) is 0 Å². The van der Waals surface area contributed by atoms with E-state index in [1.165, 1.54) is 0 Å². The fourth-order valence-electron chi connectivity index (χ4n) is 2.04. The van der Waals surface area contributed by atoms with Gasteiger partial charge >= 0.3 is 0 Å². The molecule has 1 atom stereocenters. The van der Waals surface area contributed by atoms with Crippen molar-refractivity contribution in [1.82, 2.24) is 0 Å². The van der Waals surface area contributed by atoms with Crippen LogP contribution in [-0.2, 0) is 10.2 Å². The highest BCUT2D eigenvalue weighted by molar-refractivity contribution is 6.36. The number of anilines is 1. The van der Waals surface area contributed by atoms with Crippen LogP contribution >= 0.6 is 23.2 Å². The summed E-state index contributed by atoms with van der Waals surface area (Å²) < 4.78 is 0. The fraction of sp³-hybridized carbons (Fsp3) is 0.385. The van der Waals surface area contributed by atoms with E-state index in [9.17, 15) is 9.59 Å². The first-order chi connectivity index (χ1) is 8.25. The maximum atomic E-state index is 12.0. The first kappa shape index (κ1) is 13.4. The van der Waals surface area contributed by atoms with Gasteiger partial charge in [0, 0.05) is 10.6 Å². The molecule has 0 aliphatic carbocycles. The van der Waals surface area contributed by atoms with Gasteiger partial charge in [0.1, 0.15) is 0 Å². The molecule has 1 heterocycles. The van der Waals surface area contributed by atoms with Crippen LogP contribution in [0, 0.1) is 0 Å². The van der Waals surface area contributed by atoms with Crippen molar-refractivity contribution in [2.75, 3.05) is 5.32 Å². The minimum Gasteiger partial charge on any atom is -0.324 e. The maximum Gasteiger partial charge on any atom is 0.234 e. The first-order valence-electron chi connectivity index (χ1n) is 5.59. The molecule has 3 nitrogen and oxygen atoms in total. The van der Waals surface area contributed by atoms with Crippen LogP contribution in [0.1, 0.15) is 36.7 Å². The molecular formula is C13H13Cl2NO2. The standard InChI is InChI=1S/C13H13Cl2NO2/c1-6(14)11(17)8-4-7(15)5-9-10(8)16-12(18)13(9,2)3/h4-6H,1-3H3,(H,16,18). The largest absolute Gasteiger partial charge is 0.324 e. The van der Waals surface area contributed by atoms with Gasteiger partial charge in [-0.15, -0.1) is 11.6 Å². The molecular weight excluding hydrogens is 273 g/mol. The zero-order chi connectivity index (χ0) is 13.7. The lowest BCUT2D eigenvalue weighted by Crippen LogP contribution is -2.26. The van der Waals surface area contributed by atoms with Crippen LogP contribution in [0.4, 0.5) is 5.69 Å². The summed E-state index contributed by atoms with van der Waals surface area (Å²) in [6, 6.07) is 3.26. The van der Waals surface area contributed by atoms with Gasteiger partial charge in [-0.05, 0) is 38.5 Å². The van der Waals surface area contributed by atoms with Crippen molar-refractivity contribution in [3.05, 3.63) is 28.3 Å². The summed E-state index contributed by atoms with van der Waals surface area (Å²) in [5.41, 5.74) is 0.955. The number of halogens is 2. The molecule has 0 spiro atoms. The smallest absolute Gasteiger partial charge is 0.234 e. The normalized spacial score (nSPS) is 18.2. The summed E-state index contributed by atoms with van der Waals surface area (Å²) >= 11 is 11.8. The highest BCUT2D eigenvalue weighted by Crippen LogP contribution is 2.41. The Labute approximate surface area is 115 Å². The first-order valence-corrected chi connectivity index (χ1v) is 6.40. The lowest BCUT2D eigenvalue weighted by atomic mass is 9.85. The molecule has 1 unspecified atom stereocenters. The number of alkyl halides is 1. The van der Waals surface area contributed by atoms with Crippen LogP contribution in [-0.4, -0.2) is 17.1 Å². The Hall–Kier alpha value is -1.06. The van der Waals surface area contributed by atoms with E-state index in [-0.39, 0.29) is 11.7 Å². The van der Waals surface area contributed by atoms with Crippen LogP contribution in [0.3, 0.4) is 0 Å². The number of ketones is 1. The number of nitrogens with one attached hydrogen (secondary N) is 1. The number of amides is 1. The average Bonchev–Trinajstić information content (AvgIpc) is 2.49. The van der Waals surface area contributed by atoms with Crippen molar-refractivity contribution in [1.29, 1.82) is 0 Å². The summed E-state index contributed by atoms with van der Waals surface area (Å²) in [6.07, 6.45) is 0. The third-order valence-corrected chi connectivity index (χ3v) is 3.63. The molecule has 1 N–H and O–H groups in total. The Morgan fingerprint density at radius 1 is 1.39 bits per heavy atom.